The summed E-state index contributed by atoms with van der Waals surface area (Å²) in [4.78, 5) is 4.60. The van der Waals surface area contributed by atoms with Crippen LogP contribution in [0.3, 0.4) is 0 Å². The van der Waals surface area contributed by atoms with Gasteiger partial charge in [-0.1, -0.05) is 48.7 Å². The van der Waals surface area contributed by atoms with E-state index in [0.29, 0.717) is 17.6 Å². The number of fused-ring (bicyclic) bond motifs is 1. The molecule has 0 N–H and O–H groups in total. The number of rotatable bonds is 8. The molecule has 2 aromatic carbocycles. The van der Waals surface area contributed by atoms with E-state index in [9.17, 15) is 16.8 Å². The fourth-order valence-corrected chi connectivity index (χ4v) is 8.03. The lowest BCUT2D eigenvalue weighted by molar-refractivity contribution is -0.139. The Morgan fingerprint density at radius 2 is 1.67 bits per heavy atom. The van der Waals surface area contributed by atoms with Gasteiger partial charge < -0.3 is 13.7 Å². The van der Waals surface area contributed by atoms with Crippen LogP contribution in [0.2, 0.25) is 0 Å². The number of aromatic nitrogens is 2. The Balaban J connectivity index is 1.54. The van der Waals surface area contributed by atoms with Gasteiger partial charge in [-0.3, -0.25) is 0 Å². The van der Waals surface area contributed by atoms with Crippen LogP contribution in [-0.4, -0.2) is 38.2 Å². The molecule has 3 heterocycles. The van der Waals surface area contributed by atoms with Crippen LogP contribution < -0.4 is 0 Å². The molecule has 0 amide bonds. The lowest BCUT2D eigenvalue weighted by Gasteiger charge is -2.17. The van der Waals surface area contributed by atoms with Gasteiger partial charge in [0.15, 0.2) is 17.2 Å². The highest BCUT2D eigenvalue weighted by molar-refractivity contribution is 7.90. The number of pyridine rings is 1. The third kappa shape index (κ3) is 5.99. The van der Waals surface area contributed by atoms with Gasteiger partial charge in [0.05, 0.1) is 11.5 Å². The van der Waals surface area contributed by atoms with Gasteiger partial charge in [0.2, 0.25) is 0 Å². The number of nitrogens with zero attached hydrogens (tertiary/aromatic N) is 2. The number of hydrogen-bond donors (Lipinski definition) is 0. The van der Waals surface area contributed by atoms with Crippen LogP contribution >= 0.6 is 0 Å². The molecular formula is C32H34N2O7S2. The second kappa shape index (κ2) is 11.2. The van der Waals surface area contributed by atoms with Crippen molar-refractivity contribution < 1.29 is 30.5 Å². The van der Waals surface area contributed by atoms with E-state index in [4.69, 9.17) is 13.7 Å². The van der Waals surface area contributed by atoms with Crippen LogP contribution in [0.5, 0.6) is 0 Å². The molecule has 9 nitrogen and oxygen atoms in total. The minimum Gasteiger partial charge on any atom is -0.377 e. The van der Waals surface area contributed by atoms with Gasteiger partial charge in [0, 0.05) is 17.1 Å². The Labute approximate surface area is 252 Å². The topological polar surface area (TPSA) is 114 Å². The average Bonchev–Trinajstić information content (AvgIpc) is 3.71. The fraction of sp³-hybridized carbons (Fsp3) is 0.344. The molecule has 0 spiro atoms. The molecule has 226 valence electrons. The molecule has 1 saturated carbocycles. The van der Waals surface area contributed by atoms with Crippen LogP contribution in [0.15, 0.2) is 88.8 Å². The Bertz CT molecular complexity index is 1890. The average molecular weight is 623 g/mol. The van der Waals surface area contributed by atoms with E-state index in [0.717, 1.165) is 35.2 Å². The number of aryl methyl sites for hydroxylation is 1. The van der Waals surface area contributed by atoms with Crippen LogP contribution in [-0.2, 0) is 33.8 Å². The first-order valence-electron chi connectivity index (χ1n) is 14.3. The molecule has 43 heavy (non-hydrogen) atoms. The van der Waals surface area contributed by atoms with E-state index in [1.165, 1.54) is 24.3 Å². The molecule has 1 aliphatic heterocycles. The first-order chi connectivity index (χ1) is 20.4. The maximum Gasteiger partial charge on any atom is 0.339 e. The summed E-state index contributed by atoms with van der Waals surface area (Å²) >= 11 is 0. The SMILES string of the molecule is Cc1ccc(S(=O)(=O)O/C(=C\C2CCCC2)c2cc3cc(C4COC(C)(C)O4)cnc3n2S(=O)(=O)c2ccccc2)cc1. The van der Waals surface area contributed by atoms with Crippen LogP contribution in [0.1, 0.15) is 62.5 Å². The quantitative estimate of drug-likeness (QED) is 0.165. The largest absolute Gasteiger partial charge is 0.377 e. The zero-order chi connectivity index (χ0) is 30.4. The fourth-order valence-electron chi connectivity index (χ4n) is 5.59. The van der Waals surface area contributed by atoms with Gasteiger partial charge in [-0.05, 0) is 82.0 Å². The van der Waals surface area contributed by atoms with E-state index in [1.807, 2.05) is 20.8 Å². The Kier molecular flexibility index (Phi) is 7.70. The molecule has 2 fully saturated rings. The first-order valence-corrected chi connectivity index (χ1v) is 17.1. The summed E-state index contributed by atoms with van der Waals surface area (Å²) in [6, 6.07) is 17.8. The molecular weight excluding hydrogens is 588 g/mol. The van der Waals surface area contributed by atoms with Crippen LogP contribution in [0, 0.1) is 12.8 Å². The zero-order valence-corrected chi connectivity index (χ0v) is 25.9. The third-order valence-corrected chi connectivity index (χ3v) is 10.8. The van der Waals surface area contributed by atoms with Crippen molar-refractivity contribution in [2.75, 3.05) is 6.61 Å². The summed E-state index contributed by atoms with van der Waals surface area (Å²) in [6.07, 6.45) is 6.62. The lowest BCUT2D eigenvalue weighted by atomic mass is 10.1. The Hall–Kier alpha value is -3.51. The van der Waals surface area contributed by atoms with Crippen molar-refractivity contribution in [3.63, 3.8) is 0 Å². The van der Waals surface area contributed by atoms with E-state index >= 15 is 0 Å². The van der Waals surface area contributed by atoms with Crippen molar-refractivity contribution in [3.8, 4) is 0 Å². The third-order valence-electron chi connectivity index (χ3n) is 7.83. The van der Waals surface area contributed by atoms with Crippen molar-refractivity contribution in [2.24, 2.45) is 5.92 Å². The predicted molar refractivity (Wildman–Crippen MR) is 162 cm³/mol. The van der Waals surface area contributed by atoms with Crippen LogP contribution in [0.25, 0.3) is 16.8 Å². The van der Waals surface area contributed by atoms with E-state index in [1.54, 1.807) is 54.7 Å². The first kappa shape index (κ1) is 29.6. The number of hydrogen-bond acceptors (Lipinski definition) is 8. The molecule has 6 rings (SSSR count). The highest BCUT2D eigenvalue weighted by atomic mass is 32.2. The van der Waals surface area contributed by atoms with Crippen molar-refractivity contribution in [1.29, 1.82) is 0 Å². The molecule has 1 atom stereocenters. The number of allylic oxidation sites excluding steroid dienone is 1. The highest BCUT2D eigenvalue weighted by Gasteiger charge is 2.35. The Morgan fingerprint density at radius 1 is 0.977 bits per heavy atom. The Morgan fingerprint density at radius 3 is 2.33 bits per heavy atom. The van der Waals surface area contributed by atoms with Gasteiger partial charge in [0.1, 0.15) is 16.7 Å². The summed E-state index contributed by atoms with van der Waals surface area (Å²) in [5.41, 5.74) is 1.84. The molecule has 1 unspecified atom stereocenters. The lowest BCUT2D eigenvalue weighted by Crippen LogP contribution is -2.19. The van der Waals surface area contributed by atoms with E-state index in [2.05, 4.69) is 4.98 Å². The van der Waals surface area contributed by atoms with Gasteiger partial charge in [-0.2, -0.15) is 8.42 Å². The molecule has 4 aromatic rings. The minimum atomic E-state index is -4.30. The monoisotopic (exact) mass is 622 g/mol. The van der Waals surface area contributed by atoms with E-state index in [-0.39, 0.29) is 32.8 Å². The molecule has 2 aromatic heterocycles. The summed E-state index contributed by atoms with van der Waals surface area (Å²) in [7, 11) is -8.52. The number of benzene rings is 2. The molecule has 0 bridgehead atoms. The maximum atomic E-state index is 14.2. The standard InChI is InChI=1S/C32H34N2O7S2/c1-22-13-15-27(16-14-22)43(37,38)41-29(17-23-9-7-8-10-23)28-19-24-18-25(30-21-39-32(2,3)40-30)20-33-31(24)34(28)42(35,36)26-11-5-4-6-12-26/h4-6,11-20,23,30H,7-10,21H2,1-3H3/b29-17-. The van der Waals surface area contributed by atoms with Crippen molar-refractivity contribution >= 4 is 36.9 Å². The zero-order valence-electron chi connectivity index (χ0n) is 24.3. The minimum absolute atomic E-state index is 0.0228. The second-order valence-corrected chi connectivity index (χ2v) is 14.9. The second-order valence-electron chi connectivity index (χ2n) is 11.5. The normalized spacial score (nSPS) is 19.7. The van der Waals surface area contributed by atoms with Gasteiger partial charge >= 0.3 is 10.1 Å². The molecule has 11 heteroatoms. The van der Waals surface area contributed by atoms with Crippen molar-refractivity contribution in [2.45, 2.75) is 68.1 Å². The molecule has 1 aliphatic carbocycles. The van der Waals surface area contributed by atoms with Gasteiger partial charge in [-0.25, -0.2) is 17.4 Å². The molecule has 2 aliphatic rings. The highest BCUT2D eigenvalue weighted by Crippen LogP contribution is 2.38. The summed E-state index contributed by atoms with van der Waals surface area (Å²) in [6.45, 7) is 5.83. The van der Waals surface area contributed by atoms with Crippen LogP contribution in [0.4, 0.5) is 0 Å². The summed E-state index contributed by atoms with van der Waals surface area (Å²) in [5.74, 6) is -0.778. The van der Waals surface area contributed by atoms with Gasteiger partial charge in [0.25, 0.3) is 10.0 Å². The van der Waals surface area contributed by atoms with Crippen molar-refractivity contribution in [1.82, 2.24) is 8.96 Å². The molecule has 1 saturated heterocycles. The van der Waals surface area contributed by atoms with E-state index < -0.39 is 32.0 Å². The summed E-state index contributed by atoms with van der Waals surface area (Å²) in [5, 5.41) is 0.494. The smallest absolute Gasteiger partial charge is 0.339 e. The maximum absolute atomic E-state index is 14.2. The number of ether oxygens (including phenoxy) is 2. The predicted octanol–water partition coefficient (Wildman–Crippen LogP) is 6.34. The molecule has 0 radical (unpaired) electrons. The van der Waals surface area contributed by atoms with Crippen molar-refractivity contribution in [3.05, 3.63) is 95.8 Å². The van der Waals surface area contributed by atoms with Gasteiger partial charge in [-0.15, -0.1) is 0 Å². The summed E-state index contributed by atoms with van der Waals surface area (Å²) < 4.78 is 74.2.